The monoisotopic (exact) mass is 164 g/mol. The van der Waals surface area contributed by atoms with Crippen LogP contribution in [0.2, 0.25) is 0 Å². The molecule has 0 saturated carbocycles. The van der Waals surface area contributed by atoms with E-state index in [-0.39, 0.29) is 6.42 Å². The molecule has 11 heavy (non-hydrogen) atoms. The van der Waals surface area contributed by atoms with Crippen molar-refractivity contribution in [3.8, 4) is 0 Å². The molecule has 2 N–H and O–H groups in total. The van der Waals surface area contributed by atoms with Gasteiger partial charge in [-0.05, 0) is 6.42 Å². The Hall–Kier alpha value is -1.13. The number of halogens is 1. The molecular formula is C6H9FO4. The van der Waals surface area contributed by atoms with Gasteiger partial charge in [-0.3, -0.25) is 14.0 Å². The number of hydrogen-bond acceptors (Lipinski definition) is 2. The van der Waals surface area contributed by atoms with Gasteiger partial charge in [0.25, 0.3) is 0 Å². The number of carboxylic acids is 2. The Labute approximate surface area is 62.6 Å². The van der Waals surface area contributed by atoms with Gasteiger partial charge in [0.1, 0.15) is 0 Å². The van der Waals surface area contributed by atoms with Crippen LogP contribution in [0.15, 0.2) is 0 Å². The van der Waals surface area contributed by atoms with E-state index in [4.69, 9.17) is 10.2 Å². The second-order valence-electron chi connectivity index (χ2n) is 2.11. The van der Waals surface area contributed by atoms with Gasteiger partial charge >= 0.3 is 11.9 Å². The van der Waals surface area contributed by atoms with Crippen LogP contribution in [0.5, 0.6) is 0 Å². The van der Waals surface area contributed by atoms with Crippen molar-refractivity contribution in [1.82, 2.24) is 0 Å². The van der Waals surface area contributed by atoms with E-state index in [0.717, 1.165) is 0 Å². The normalized spacial score (nSPS) is 12.5. The summed E-state index contributed by atoms with van der Waals surface area (Å²) in [6.07, 6.45) is -0.749. The van der Waals surface area contributed by atoms with E-state index in [1.165, 1.54) is 0 Å². The summed E-state index contributed by atoms with van der Waals surface area (Å²) in [7, 11) is 0. The van der Waals surface area contributed by atoms with Gasteiger partial charge in [0, 0.05) is 0 Å². The van der Waals surface area contributed by atoms with Crippen molar-refractivity contribution in [3.63, 3.8) is 0 Å². The smallest absolute Gasteiger partial charge is 0.307 e. The zero-order valence-electron chi connectivity index (χ0n) is 5.79. The van der Waals surface area contributed by atoms with Crippen molar-refractivity contribution in [1.29, 1.82) is 0 Å². The fourth-order valence-electron chi connectivity index (χ4n) is 0.655. The van der Waals surface area contributed by atoms with Crippen LogP contribution in [0.25, 0.3) is 0 Å². The van der Waals surface area contributed by atoms with Gasteiger partial charge in [0.2, 0.25) is 0 Å². The Morgan fingerprint density at radius 2 is 1.91 bits per heavy atom. The van der Waals surface area contributed by atoms with E-state index in [0.29, 0.717) is 0 Å². The largest absolute Gasteiger partial charge is 0.481 e. The first kappa shape index (κ1) is 9.87. The number of rotatable bonds is 5. The lowest BCUT2D eigenvalue weighted by Crippen LogP contribution is -2.18. The molecule has 1 unspecified atom stereocenters. The molecule has 0 aliphatic heterocycles. The van der Waals surface area contributed by atoms with Gasteiger partial charge in [-0.1, -0.05) is 0 Å². The standard InChI is InChI=1S/C6H9FO4/c7-2-1-4(6(10)11)3-5(8)9/h4H,1-3H2,(H,8,9)(H,10,11). The first-order valence-corrected chi connectivity index (χ1v) is 3.08. The molecule has 0 aliphatic rings. The summed E-state index contributed by atoms with van der Waals surface area (Å²) in [5.74, 6) is -3.58. The molecule has 0 aromatic rings. The molecular weight excluding hydrogens is 155 g/mol. The van der Waals surface area contributed by atoms with Gasteiger partial charge in [0.15, 0.2) is 0 Å². The molecule has 0 rings (SSSR count). The molecule has 5 heteroatoms. The minimum atomic E-state index is -1.26. The van der Waals surface area contributed by atoms with Gasteiger partial charge in [0.05, 0.1) is 19.0 Å². The second kappa shape index (κ2) is 4.65. The molecule has 64 valence electrons. The van der Waals surface area contributed by atoms with Gasteiger partial charge in [-0.25, -0.2) is 0 Å². The highest BCUT2D eigenvalue weighted by Gasteiger charge is 2.19. The highest BCUT2D eigenvalue weighted by atomic mass is 19.1. The van der Waals surface area contributed by atoms with E-state index < -0.39 is 31.0 Å². The Morgan fingerprint density at radius 1 is 1.36 bits per heavy atom. The predicted octanol–water partition coefficient (Wildman–Crippen LogP) is 0.522. The lowest BCUT2D eigenvalue weighted by atomic mass is 10.0. The SMILES string of the molecule is O=C(O)CC(CCF)C(=O)O. The Balaban J connectivity index is 3.89. The molecule has 4 nitrogen and oxygen atoms in total. The lowest BCUT2D eigenvalue weighted by Gasteiger charge is -2.05. The summed E-state index contributed by atoms with van der Waals surface area (Å²) < 4.78 is 11.6. The maximum absolute atomic E-state index is 11.6. The van der Waals surface area contributed by atoms with Crippen molar-refractivity contribution in [3.05, 3.63) is 0 Å². The molecule has 0 aliphatic carbocycles. The van der Waals surface area contributed by atoms with Crippen LogP contribution in [0.4, 0.5) is 4.39 Å². The average Bonchev–Trinajstić information content (AvgIpc) is 1.86. The molecule has 0 spiro atoms. The number of alkyl halides is 1. The van der Waals surface area contributed by atoms with Crippen molar-refractivity contribution < 1.29 is 24.2 Å². The Morgan fingerprint density at radius 3 is 2.18 bits per heavy atom. The third-order valence-corrected chi connectivity index (χ3v) is 1.23. The molecule has 0 aromatic heterocycles. The third-order valence-electron chi connectivity index (χ3n) is 1.23. The number of carboxylic acid groups (broad SMARTS) is 2. The van der Waals surface area contributed by atoms with Crippen molar-refractivity contribution in [2.45, 2.75) is 12.8 Å². The van der Waals surface area contributed by atoms with Crippen molar-refractivity contribution in [2.24, 2.45) is 5.92 Å². The lowest BCUT2D eigenvalue weighted by molar-refractivity contribution is -0.148. The quantitative estimate of drug-likeness (QED) is 0.621. The van der Waals surface area contributed by atoms with Crippen LogP contribution in [-0.4, -0.2) is 28.8 Å². The van der Waals surface area contributed by atoms with Crippen LogP contribution < -0.4 is 0 Å². The number of carbonyl (C=O) groups is 2. The topological polar surface area (TPSA) is 74.6 Å². The van der Waals surface area contributed by atoms with E-state index in [2.05, 4.69) is 0 Å². The van der Waals surface area contributed by atoms with Crippen LogP contribution in [0.1, 0.15) is 12.8 Å². The van der Waals surface area contributed by atoms with Gasteiger partial charge < -0.3 is 10.2 Å². The second-order valence-corrected chi connectivity index (χ2v) is 2.11. The molecule has 0 fully saturated rings. The zero-order valence-corrected chi connectivity index (χ0v) is 5.79. The van der Waals surface area contributed by atoms with E-state index in [9.17, 15) is 14.0 Å². The molecule has 0 saturated heterocycles. The van der Waals surface area contributed by atoms with Crippen LogP contribution in [0, 0.1) is 5.92 Å². The summed E-state index contributed by atoms with van der Waals surface area (Å²) in [6.45, 7) is -0.801. The first-order valence-electron chi connectivity index (χ1n) is 3.08. The van der Waals surface area contributed by atoms with Crippen LogP contribution >= 0.6 is 0 Å². The molecule has 0 amide bonds. The highest BCUT2D eigenvalue weighted by Crippen LogP contribution is 2.08. The predicted molar refractivity (Wildman–Crippen MR) is 34.0 cm³/mol. The number of aliphatic carboxylic acids is 2. The molecule has 0 radical (unpaired) electrons. The van der Waals surface area contributed by atoms with E-state index in [1.54, 1.807) is 0 Å². The van der Waals surface area contributed by atoms with Crippen molar-refractivity contribution >= 4 is 11.9 Å². The number of hydrogen-bond donors (Lipinski definition) is 2. The van der Waals surface area contributed by atoms with Gasteiger partial charge in [-0.2, -0.15) is 0 Å². The van der Waals surface area contributed by atoms with Crippen molar-refractivity contribution in [2.75, 3.05) is 6.67 Å². The first-order chi connectivity index (χ1) is 5.07. The highest BCUT2D eigenvalue weighted by molar-refractivity contribution is 5.77. The minimum absolute atomic E-state index is 0.234. The van der Waals surface area contributed by atoms with Crippen LogP contribution in [0.3, 0.4) is 0 Å². The summed E-state index contributed by atoms with van der Waals surface area (Å²) in [6, 6.07) is 0. The van der Waals surface area contributed by atoms with Gasteiger partial charge in [-0.15, -0.1) is 0 Å². The molecule has 0 aromatic carbocycles. The summed E-state index contributed by atoms with van der Waals surface area (Å²) in [4.78, 5) is 20.2. The summed E-state index contributed by atoms with van der Waals surface area (Å²) in [5.41, 5.74) is 0. The zero-order chi connectivity index (χ0) is 8.85. The molecule has 1 atom stereocenters. The van der Waals surface area contributed by atoms with E-state index in [1.807, 2.05) is 0 Å². The summed E-state index contributed by atoms with van der Waals surface area (Å²) >= 11 is 0. The van der Waals surface area contributed by atoms with Crippen LogP contribution in [-0.2, 0) is 9.59 Å². The summed E-state index contributed by atoms with van der Waals surface area (Å²) in [5, 5.41) is 16.5. The Kier molecular flexibility index (Phi) is 4.17. The molecule has 0 bridgehead atoms. The maximum Gasteiger partial charge on any atom is 0.307 e. The Bertz CT molecular complexity index is 157. The maximum atomic E-state index is 11.6. The average molecular weight is 164 g/mol. The van der Waals surface area contributed by atoms with E-state index >= 15 is 0 Å². The minimum Gasteiger partial charge on any atom is -0.481 e. The third kappa shape index (κ3) is 4.30. The molecule has 0 heterocycles. The fraction of sp³-hybridized carbons (Fsp3) is 0.667. The fourth-order valence-corrected chi connectivity index (χ4v) is 0.655.